The van der Waals surface area contributed by atoms with E-state index in [0.717, 1.165) is 5.75 Å². The Balaban J connectivity index is 2.00. The van der Waals surface area contributed by atoms with Crippen molar-refractivity contribution in [2.24, 2.45) is 0 Å². The van der Waals surface area contributed by atoms with Crippen molar-refractivity contribution in [1.29, 1.82) is 5.26 Å². The van der Waals surface area contributed by atoms with Gasteiger partial charge in [0, 0.05) is 0 Å². The average molecular weight is 305 g/mol. The molecule has 0 radical (unpaired) electrons. The summed E-state index contributed by atoms with van der Waals surface area (Å²) >= 11 is 5.83. The lowest BCUT2D eigenvalue weighted by molar-refractivity contribution is 0.344. The zero-order valence-corrected chi connectivity index (χ0v) is 12.0. The van der Waals surface area contributed by atoms with E-state index in [9.17, 15) is 5.11 Å². The van der Waals surface area contributed by atoms with Gasteiger partial charge in [-0.3, -0.25) is 0 Å². The van der Waals surface area contributed by atoms with Gasteiger partial charge in [-0.15, -0.1) is 0 Å². The number of aromatic hydroxyl groups is 1. The number of nitrogens with one attached hydrogen (secondary N) is 1. The quantitative estimate of drug-likeness (QED) is 0.654. The van der Waals surface area contributed by atoms with Crippen molar-refractivity contribution in [3.8, 4) is 23.3 Å². The van der Waals surface area contributed by atoms with Crippen LogP contribution in [0.2, 0.25) is 5.02 Å². The number of hydrogen-bond acceptors (Lipinski definition) is 5. The van der Waals surface area contributed by atoms with Crippen molar-refractivity contribution >= 4 is 17.3 Å². The number of nitrogens with zero attached hydrogens (tertiary/aromatic N) is 1. The summed E-state index contributed by atoms with van der Waals surface area (Å²) in [4.78, 5) is 0. The molecule has 6 heteroatoms. The highest BCUT2D eigenvalue weighted by Crippen LogP contribution is 2.33. The second-order valence-corrected chi connectivity index (χ2v) is 4.51. The van der Waals surface area contributed by atoms with Crippen LogP contribution >= 0.6 is 11.6 Å². The lowest BCUT2D eigenvalue weighted by Gasteiger charge is -2.11. The summed E-state index contributed by atoms with van der Waals surface area (Å²) in [5, 5.41) is 21.7. The van der Waals surface area contributed by atoms with Gasteiger partial charge in [0.2, 0.25) is 0 Å². The Labute approximate surface area is 127 Å². The zero-order valence-electron chi connectivity index (χ0n) is 11.3. The second-order valence-electron chi connectivity index (χ2n) is 4.11. The molecule has 0 unspecified atom stereocenters. The van der Waals surface area contributed by atoms with Crippen molar-refractivity contribution in [2.75, 3.05) is 19.2 Å². The fraction of sp³-hybridized carbons (Fsp3) is 0.133. The maximum atomic E-state index is 9.81. The topological polar surface area (TPSA) is 74.5 Å². The number of methoxy groups -OCH3 is 1. The maximum Gasteiger partial charge on any atom is 0.159 e. The molecule has 0 amide bonds. The molecule has 2 aromatic carbocycles. The maximum absolute atomic E-state index is 9.81. The van der Waals surface area contributed by atoms with Crippen molar-refractivity contribution in [1.82, 2.24) is 0 Å². The van der Waals surface area contributed by atoms with Gasteiger partial charge in [-0.05, 0) is 36.4 Å². The normalized spacial score (nSPS) is 9.76. The highest BCUT2D eigenvalue weighted by molar-refractivity contribution is 6.32. The van der Waals surface area contributed by atoms with Crippen LogP contribution in [0.4, 0.5) is 5.69 Å². The Morgan fingerprint density at radius 1 is 1.24 bits per heavy atom. The van der Waals surface area contributed by atoms with E-state index in [1.54, 1.807) is 31.4 Å². The average Bonchev–Trinajstić information content (AvgIpc) is 2.51. The number of phenols is 1. The van der Waals surface area contributed by atoms with Crippen LogP contribution in [0, 0.1) is 11.3 Å². The molecule has 108 valence electrons. The Kier molecular flexibility index (Phi) is 4.75. The molecule has 0 saturated heterocycles. The molecule has 21 heavy (non-hydrogen) atoms. The molecular formula is C15H13ClN2O3. The summed E-state index contributed by atoms with van der Waals surface area (Å²) in [5.41, 5.74) is 0.692. The van der Waals surface area contributed by atoms with Gasteiger partial charge in [0.15, 0.2) is 12.5 Å². The molecule has 0 spiro atoms. The SMILES string of the molecule is COc1ccc(OCNc2cc(C#N)cc(Cl)c2O)cc1. The van der Waals surface area contributed by atoms with E-state index >= 15 is 0 Å². The van der Waals surface area contributed by atoms with Crippen LogP contribution in [0.3, 0.4) is 0 Å². The first-order valence-electron chi connectivity index (χ1n) is 6.07. The summed E-state index contributed by atoms with van der Waals surface area (Å²) < 4.78 is 10.5. The van der Waals surface area contributed by atoms with Crippen LogP contribution < -0.4 is 14.8 Å². The fourth-order valence-corrected chi connectivity index (χ4v) is 1.89. The monoisotopic (exact) mass is 304 g/mol. The molecular weight excluding hydrogens is 292 g/mol. The Bertz CT molecular complexity index is 666. The first kappa shape index (κ1) is 14.8. The first-order valence-corrected chi connectivity index (χ1v) is 6.45. The molecule has 0 bridgehead atoms. The number of ether oxygens (including phenoxy) is 2. The third-order valence-electron chi connectivity index (χ3n) is 2.75. The minimum atomic E-state index is -0.117. The number of benzene rings is 2. The summed E-state index contributed by atoms with van der Waals surface area (Å²) in [6, 6.07) is 11.9. The van der Waals surface area contributed by atoms with E-state index in [1.807, 2.05) is 6.07 Å². The standard InChI is InChI=1S/C15H13ClN2O3/c1-20-11-2-4-12(5-3-11)21-9-18-14-7-10(8-17)6-13(16)15(14)19/h2-7,18-19H,9H2,1H3. The third kappa shape index (κ3) is 3.71. The highest BCUT2D eigenvalue weighted by atomic mass is 35.5. The summed E-state index contributed by atoms with van der Waals surface area (Å²) in [5.74, 6) is 1.26. The molecule has 5 nitrogen and oxygen atoms in total. The highest BCUT2D eigenvalue weighted by Gasteiger charge is 2.08. The molecule has 0 aliphatic carbocycles. The lowest BCUT2D eigenvalue weighted by Crippen LogP contribution is -2.09. The van der Waals surface area contributed by atoms with Gasteiger partial charge in [-0.25, -0.2) is 0 Å². The van der Waals surface area contributed by atoms with Crippen LogP contribution in [0.15, 0.2) is 36.4 Å². The van der Waals surface area contributed by atoms with Crippen LogP contribution in [0.5, 0.6) is 17.2 Å². The molecule has 2 N–H and O–H groups in total. The van der Waals surface area contributed by atoms with Gasteiger partial charge in [0.1, 0.15) is 11.5 Å². The molecule has 0 saturated carbocycles. The number of rotatable bonds is 5. The van der Waals surface area contributed by atoms with E-state index in [1.165, 1.54) is 12.1 Å². The van der Waals surface area contributed by atoms with E-state index < -0.39 is 0 Å². The first-order chi connectivity index (χ1) is 10.1. The third-order valence-corrected chi connectivity index (χ3v) is 3.04. The Morgan fingerprint density at radius 2 is 1.90 bits per heavy atom. The van der Waals surface area contributed by atoms with E-state index in [4.69, 9.17) is 26.3 Å². The zero-order chi connectivity index (χ0) is 15.2. The number of anilines is 1. The van der Waals surface area contributed by atoms with E-state index in [0.29, 0.717) is 17.0 Å². The van der Waals surface area contributed by atoms with Gasteiger partial charge >= 0.3 is 0 Å². The van der Waals surface area contributed by atoms with Gasteiger partial charge in [-0.2, -0.15) is 5.26 Å². The molecule has 0 fully saturated rings. The van der Waals surface area contributed by atoms with Crippen molar-refractivity contribution < 1.29 is 14.6 Å². The van der Waals surface area contributed by atoms with Crippen molar-refractivity contribution in [3.63, 3.8) is 0 Å². The number of nitriles is 1. The Hall–Kier alpha value is -2.58. The van der Waals surface area contributed by atoms with Gasteiger partial charge in [0.25, 0.3) is 0 Å². The molecule has 0 atom stereocenters. The molecule has 0 aliphatic heterocycles. The van der Waals surface area contributed by atoms with Crippen molar-refractivity contribution in [3.05, 3.63) is 47.0 Å². The van der Waals surface area contributed by atoms with E-state index in [2.05, 4.69) is 5.32 Å². The van der Waals surface area contributed by atoms with Crippen molar-refractivity contribution in [2.45, 2.75) is 0 Å². The smallest absolute Gasteiger partial charge is 0.159 e. The molecule has 0 heterocycles. The summed E-state index contributed by atoms with van der Waals surface area (Å²) in [7, 11) is 1.59. The molecule has 2 rings (SSSR count). The summed E-state index contributed by atoms with van der Waals surface area (Å²) in [6.45, 7) is 0.116. The minimum absolute atomic E-state index is 0.112. The van der Waals surface area contributed by atoms with Crippen LogP contribution in [0.1, 0.15) is 5.56 Å². The molecule has 0 aromatic heterocycles. The number of halogens is 1. The van der Waals surface area contributed by atoms with Gasteiger partial charge in [-0.1, -0.05) is 11.6 Å². The van der Waals surface area contributed by atoms with Crippen LogP contribution in [-0.4, -0.2) is 18.9 Å². The van der Waals surface area contributed by atoms with Gasteiger partial charge < -0.3 is 19.9 Å². The lowest BCUT2D eigenvalue weighted by atomic mass is 10.2. The van der Waals surface area contributed by atoms with Crippen LogP contribution in [-0.2, 0) is 0 Å². The predicted octanol–water partition coefficient (Wildman–Crippen LogP) is 3.37. The largest absolute Gasteiger partial charge is 0.504 e. The minimum Gasteiger partial charge on any atom is -0.504 e. The predicted molar refractivity (Wildman–Crippen MR) is 79.9 cm³/mol. The summed E-state index contributed by atoms with van der Waals surface area (Å²) in [6.07, 6.45) is 0. The van der Waals surface area contributed by atoms with Crippen LogP contribution in [0.25, 0.3) is 0 Å². The molecule has 0 aliphatic rings. The van der Waals surface area contributed by atoms with E-state index in [-0.39, 0.29) is 17.5 Å². The number of phenolic OH excluding ortho intramolecular Hbond substituents is 1. The number of hydrogen-bond donors (Lipinski definition) is 2. The van der Waals surface area contributed by atoms with Gasteiger partial charge in [0.05, 0.1) is 29.5 Å². The molecule has 2 aromatic rings. The second kappa shape index (κ2) is 6.73. The Morgan fingerprint density at radius 3 is 2.52 bits per heavy atom. The fourth-order valence-electron chi connectivity index (χ4n) is 1.67.